The van der Waals surface area contributed by atoms with Crippen molar-refractivity contribution in [3.05, 3.63) is 57.8 Å². The summed E-state index contributed by atoms with van der Waals surface area (Å²) in [6.07, 6.45) is 1.45. The van der Waals surface area contributed by atoms with Crippen LogP contribution < -0.4 is 10.0 Å². The smallest absolute Gasteiger partial charge is 0.244 e. The second-order valence-electron chi connectivity index (χ2n) is 5.99. The zero-order valence-corrected chi connectivity index (χ0v) is 16.5. The van der Waals surface area contributed by atoms with Gasteiger partial charge in [0.2, 0.25) is 15.9 Å². The summed E-state index contributed by atoms with van der Waals surface area (Å²) in [5, 5.41) is 2.74. The van der Waals surface area contributed by atoms with Crippen LogP contribution in [0, 0.1) is 11.7 Å². The number of benzene rings is 2. The van der Waals surface area contributed by atoms with Crippen LogP contribution in [0.4, 0.5) is 10.1 Å². The lowest BCUT2D eigenvalue weighted by molar-refractivity contribution is -0.118. The molecule has 2 aromatic carbocycles. The Kier molecular flexibility index (Phi) is 5.67. The molecule has 0 saturated heterocycles. The maximum Gasteiger partial charge on any atom is 0.244 e. The van der Waals surface area contributed by atoms with Crippen molar-refractivity contribution in [3.8, 4) is 0 Å². The maximum absolute atomic E-state index is 14.1. The van der Waals surface area contributed by atoms with Gasteiger partial charge in [-0.15, -0.1) is 0 Å². The van der Waals surface area contributed by atoms with Crippen molar-refractivity contribution >= 4 is 49.1 Å². The van der Waals surface area contributed by atoms with Gasteiger partial charge in [0, 0.05) is 10.2 Å². The van der Waals surface area contributed by atoms with E-state index in [-0.39, 0.29) is 15.4 Å². The topological polar surface area (TPSA) is 75.3 Å². The third-order valence-corrected chi connectivity index (χ3v) is 6.62. The number of carbonyl (C=O) groups is 1. The van der Waals surface area contributed by atoms with Crippen LogP contribution in [0.15, 0.2) is 51.8 Å². The zero-order chi connectivity index (χ0) is 18.9. The van der Waals surface area contributed by atoms with Gasteiger partial charge in [0.25, 0.3) is 0 Å². The normalized spacial score (nSPS) is 15.5. The molecule has 26 heavy (non-hydrogen) atoms. The number of rotatable bonds is 6. The minimum absolute atomic E-state index is 0.0574. The molecule has 0 spiro atoms. The molecule has 1 saturated carbocycles. The van der Waals surface area contributed by atoms with E-state index in [9.17, 15) is 17.6 Å². The largest absolute Gasteiger partial charge is 0.325 e. The zero-order valence-electron chi connectivity index (χ0n) is 13.4. The molecule has 1 atom stereocenters. The highest BCUT2D eigenvalue weighted by Crippen LogP contribution is 2.35. The molecule has 5 nitrogen and oxygen atoms in total. The van der Waals surface area contributed by atoms with E-state index in [1.165, 1.54) is 0 Å². The Labute approximate surface area is 164 Å². The van der Waals surface area contributed by atoms with Crippen LogP contribution >= 0.6 is 27.5 Å². The van der Waals surface area contributed by atoms with E-state index in [1.807, 2.05) is 0 Å². The minimum Gasteiger partial charge on any atom is -0.325 e. The Hall–Kier alpha value is -1.48. The van der Waals surface area contributed by atoms with Crippen LogP contribution in [-0.2, 0) is 14.8 Å². The summed E-state index contributed by atoms with van der Waals surface area (Å²) < 4.78 is 41.9. The van der Waals surface area contributed by atoms with Gasteiger partial charge in [-0.3, -0.25) is 4.79 Å². The van der Waals surface area contributed by atoms with Crippen molar-refractivity contribution in [1.82, 2.24) is 4.72 Å². The Morgan fingerprint density at radius 3 is 2.50 bits per heavy atom. The van der Waals surface area contributed by atoms with E-state index in [2.05, 4.69) is 26.0 Å². The van der Waals surface area contributed by atoms with Crippen molar-refractivity contribution in [2.75, 3.05) is 5.32 Å². The van der Waals surface area contributed by atoms with E-state index >= 15 is 0 Å². The van der Waals surface area contributed by atoms with E-state index in [1.54, 1.807) is 30.3 Å². The molecule has 0 radical (unpaired) electrons. The van der Waals surface area contributed by atoms with Crippen LogP contribution in [0.5, 0.6) is 0 Å². The Balaban J connectivity index is 1.83. The number of carbonyl (C=O) groups excluding carboxylic acids is 1. The molecule has 138 valence electrons. The first kappa shape index (κ1) is 19.3. The quantitative estimate of drug-likeness (QED) is 0.640. The van der Waals surface area contributed by atoms with Crippen LogP contribution in [0.25, 0.3) is 0 Å². The number of anilines is 1. The van der Waals surface area contributed by atoms with Gasteiger partial charge in [0.15, 0.2) is 0 Å². The highest BCUT2D eigenvalue weighted by molar-refractivity contribution is 9.10. The molecule has 0 aromatic heterocycles. The molecule has 1 unspecified atom stereocenters. The van der Waals surface area contributed by atoms with Crippen LogP contribution in [0.2, 0.25) is 5.02 Å². The molecule has 1 aliphatic carbocycles. The monoisotopic (exact) mass is 460 g/mol. The lowest BCUT2D eigenvalue weighted by atomic mass is 10.2. The first-order valence-electron chi connectivity index (χ1n) is 7.81. The van der Waals surface area contributed by atoms with E-state index in [0.29, 0.717) is 5.69 Å². The highest BCUT2D eigenvalue weighted by atomic mass is 79.9. The molecule has 0 bridgehead atoms. The predicted molar refractivity (Wildman–Crippen MR) is 101 cm³/mol. The van der Waals surface area contributed by atoms with Crippen molar-refractivity contribution in [2.45, 2.75) is 23.8 Å². The molecule has 2 aromatic rings. The minimum atomic E-state index is -4.25. The fraction of sp³-hybridized carbons (Fsp3) is 0.235. The van der Waals surface area contributed by atoms with Gasteiger partial charge in [0.05, 0.1) is 5.02 Å². The average molecular weight is 462 g/mol. The fourth-order valence-electron chi connectivity index (χ4n) is 2.48. The number of para-hydroxylation sites is 1. The number of hydrogen-bond acceptors (Lipinski definition) is 3. The van der Waals surface area contributed by atoms with Crippen molar-refractivity contribution in [1.29, 1.82) is 0 Å². The number of nitrogens with one attached hydrogen (secondary N) is 2. The summed E-state index contributed by atoms with van der Waals surface area (Å²) in [5.74, 6) is -1.58. The van der Waals surface area contributed by atoms with Crippen molar-refractivity contribution < 1.29 is 17.6 Å². The summed E-state index contributed by atoms with van der Waals surface area (Å²) in [6, 6.07) is 9.74. The molecular weight excluding hydrogens is 447 g/mol. The Morgan fingerprint density at radius 1 is 1.23 bits per heavy atom. The third kappa shape index (κ3) is 4.43. The number of halogens is 3. The summed E-state index contributed by atoms with van der Waals surface area (Å²) in [5.41, 5.74) is 0.558. The van der Waals surface area contributed by atoms with Gasteiger partial charge in [-0.2, -0.15) is 4.72 Å². The van der Waals surface area contributed by atoms with Crippen molar-refractivity contribution in [2.24, 2.45) is 5.92 Å². The van der Waals surface area contributed by atoms with Crippen LogP contribution in [0.1, 0.15) is 12.8 Å². The summed E-state index contributed by atoms with van der Waals surface area (Å²) in [4.78, 5) is 12.0. The SMILES string of the molecule is O=C(Nc1ccccc1)C(NS(=O)(=O)c1cc(Br)c(Cl)cc1F)C1CC1. The fourth-order valence-corrected chi connectivity index (χ4v) is 4.47. The van der Waals surface area contributed by atoms with Gasteiger partial charge in [-0.05, 0) is 59.0 Å². The van der Waals surface area contributed by atoms with E-state index < -0.39 is 32.7 Å². The summed E-state index contributed by atoms with van der Waals surface area (Å²) in [6.45, 7) is 0. The van der Waals surface area contributed by atoms with Gasteiger partial charge >= 0.3 is 0 Å². The molecule has 1 aliphatic rings. The van der Waals surface area contributed by atoms with Gasteiger partial charge in [-0.1, -0.05) is 29.8 Å². The second kappa shape index (κ2) is 7.64. The van der Waals surface area contributed by atoms with E-state index in [4.69, 9.17) is 11.6 Å². The lowest BCUT2D eigenvalue weighted by Gasteiger charge is -2.18. The second-order valence-corrected chi connectivity index (χ2v) is 8.93. The lowest BCUT2D eigenvalue weighted by Crippen LogP contribution is -2.45. The average Bonchev–Trinajstić information content (AvgIpc) is 3.41. The summed E-state index contributed by atoms with van der Waals surface area (Å²) >= 11 is 8.86. The van der Waals surface area contributed by atoms with Crippen molar-refractivity contribution in [3.63, 3.8) is 0 Å². The molecule has 1 amide bonds. The Bertz CT molecular complexity index is 937. The molecule has 0 aliphatic heterocycles. The Morgan fingerprint density at radius 2 is 1.88 bits per heavy atom. The van der Waals surface area contributed by atoms with Crippen LogP contribution in [-0.4, -0.2) is 20.4 Å². The van der Waals surface area contributed by atoms with Gasteiger partial charge in [-0.25, -0.2) is 12.8 Å². The first-order chi connectivity index (χ1) is 12.3. The summed E-state index contributed by atoms with van der Waals surface area (Å²) in [7, 11) is -4.25. The molecule has 2 N–H and O–H groups in total. The molecule has 9 heteroatoms. The first-order valence-corrected chi connectivity index (χ1v) is 10.5. The number of hydrogen-bond donors (Lipinski definition) is 2. The number of amides is 1. The third-order valence-electron chi connectivity index (χ3n) is 3.96. The standard InChI is InChI=1S/C17H15BrClFN2O3S/c18-12-8-15(14(20)9-13(12)19)26(24,25)22-16(10-6-7-10)17(23)21-11-4-2-1-3-5-11/h1-5,8-10,16,22H,6-7H2,(H,21,23). The molecule has 0 heterocycles. The highest BCUT2D eigenvalue weighted by Gasteiger charge is 2.39. The maximum atomic E-state index is 14.1. The van der Waals surface area contributed by atoms with Gasteiger partial charge in [0.1, 0.15) is 16.8 Å². The molecule has 3 rings (SSSR count). The van der Waals surface area contributed by atoms with Gasteiger partial charge < -0.3 is 5.32 Å². The molecule has 1 fully saturated rings. The predicted octanol–water partition coefficient (Wildman–Crippen LogP) is 3.94. The van der Waals surface area contributed by atoms with E-state index in [0.717, 1.165) is 25.0 Å². The van der Waals surface area contributed by atoms with Crippen LogP contribution in [0.3, 0.4) is 0 Å². The molecular formula is C17H15BrClFN2O3S. The number of sulfonamides is 1.